The first-order valence-electron chi connectivity index (χ1n) is 11.9. The maximum absolute atomic E-state index is 11.9. The Labute approximate surface area is 181 Å². The van der Waals surface area contributed by atoms with E-state index in [1.54, 1.807) is 0 Å². The monoisotopic (exact) mass is 416 g/mol. The van der Waals surface area contributed by atoms with Gasteiger partial charge in [0.2, 0.25) is 0 Å². The van der Waals surface area contributed by atoms with Crippen LogP contribution in [0.2, 0.25) is 0 Å². The molecular weight excluding hydrogens is 376 g/mol. The van der Waals surface area contributed by atoms with E-state index < -0.39 is 5.97 Å². The molecule has 0 atom stereocenters. The molecule has 1 aromatic carbocycles. The molecule has 30 heavy (non-hydrogen) atoms. The summed E-state index contributed by atoms with van der Waals surface area (Å²) in [7, 11) is 0. The number of carboxylic acids is 1. The van der Waals surface area contributed by atoms with Crippen LogP contribution in [0.5, 0.6) is 0 Å². The van der Waals surface area contributed by atoms with E-state index in [-0.39, 0.29) is 5.56 Å². The van der Waals surface area contributed by atoms with Crippen LogP contribution in [0.25, 0.3) is 11.0 Å². The molecule has 0 amide bonds. The molecule has 0 saturated carbocycles. The highest BCUT2D eigenvalue weighted by Crippen LogP contribution is 2.21. The van der Waals surface area contributed by atoms with Gasteiger partial charge in [-0.15, -0.1) is 0 Å². The quantitative estimate of drug-likeness (QED) is 0.301. The normalized spacial score (nSPS) is 11.6. The van der Waals surface area contributed by atoms with Gasteiger partial charge >= 0.3 is 5.97 Å². The number of aromatic carboxylic acids is 1. The summed E-state index contributed by atoms with van der Waals surface area (Å²) in [4.78, 5) is 14.4. The van der Waals surface area contributed by atoms with Crippen molar-refractivity contribution in [2.24, 2.45) is 0 Å². The minimum absolute atomic E-state index is 0.289. The number of carbonyl (C=O) groups is 1. The van der Waals surface area contributed by atoms with Gasteiger partial charge in [0.25, 0.3) is 0 Å². The lowest BCUT2D eigenvalue weighted by atomic mass is 10.0. The fourth-order valence-electron chi connectivity index (χ4n) is 4.07. The van der Waals surface area contributed by atoms with Gasteiger partial charge < -0.3 is 5.11 Å². The second-order valence-electron chi connectivity index (χ2n) is 8.41. The van der Waals surface area contributed by atoms with Gasteiger partial charge in [0.15, 0.2) is 0 Å². The summed E-state index contributed by atoms with van der Waals surface area (Å²) in [5.74, 6) is -0.927. The van der Waals surface area contributed by atoms with Crippen LogP contribution in [0.15, 0.2) is 12.1 Å². The van der Waals surface area contributed by atoms with Crippen LogP contribution in [0.1, 0.15) is 107 Å². The lowest BCUT2D eigenvalue weighted by molar-refractivity contribution is 0.0696. The highest BCUT2D eigenvalue weighted by atomic mass is 16.4. The van der Waals surface area contributed by atoms with Crippen LogP contribution >= 0.6 is 0 Å². The van der Waals surface area contributed by atoms with Gasteiger partial charge in [-0.1, -0.05) is 84.1 Å². The van der Waals surface area contributed by atoms with Crippen molar-refractivity contribution in [1.29, 1.82) is 0 Å². The third kappa shape index (κ3) is 8.05. The molecule has 2 N–H and O–H groups in total. The molecule has 1 aromatic heterocycles. The summed E-state index contributed by atoms with van der Waals surface area (Å²) in [6.07, 6.45) is 15.3. The lowest BCUT2D eigenvalue weighted by Gasteiger charge is -2.23. The zero-order chi connectivity index (χ0) is 21.6. The van der Waals surface area contributed by atoms with Crippen molar-refractivity contribution >= 4 is 17.0 Å². The molecule has 0 aliphatic rings. The molecule has 168 valence electrons. The summed E-state index contributed by atoms with van der Waals surface area (Å²) in [6, 6.07) is 3.78. The number of benzene rings is 1. The molecule has 0 saturated heterocycles. The molecule has 6 nitrogen and oxygen atoms in total. The Morgan fingerprint density at radius 2 is 1.43 bits per heavy atom. The number of fused-ring (bicyclic) bond motifs is 1. The number of nitrogens with one attached hydrogen (secondary N) is 1. The van der Waals surface area contributed by atoms with Gasteiger partial charge in [0.05, 0.1) is 5.56 Å². The van der Waals surface area contributed by atoms with E-state index in [9.17, 15) is 9.90 Å². The van der Waals surface area contributed by atoms with Gasteiger partial charge in [-0.25, -0.2) is 4.79 Å². The number of nitrogens with zero attached hydrogens (tertiary/aromatic N) is 3. The number of hydrogen-bond acceptors (Lipinski definition) is 4. The third-order valence-electron chi connectivity index (χ3n) is 5.84. The molecule has 2 rings (SSSR count). The summed E-state index contributed by atoms with van der Waals surface area (Å²) in [5.41, 5.74) is 2.19. The molecule has 6 heteroatoms. The van der Waals surface area contributed by atoms with Crippen LogP contribution in [-0.2, 0) is 6.54 Å². The average molecular weight is 417 g/mol. The summed E-state index contributed by atoms with van der Waals surface area (Å²) >= 11 is 0. The van der Waals surface area contributed by atoms with Crippen LogP contribution in [0.4, 0.5) is 0 Å². The Morgan fingerprint density at radius 1 is 0.867 bits per heavy atom. The van der Waals surface area contributed by atoms with E-state index in [0.29, 0.717) is 17.6 Å². The largest absolute Gasteiger partial charge is 0.478 e. The van der Waals surface area contributed by atoms with Gasteiger partial charge in [-0.05, 0) is 37.6 Å². The fourth-order valence-corrected chi connectivity index (χ4v) is 4.07. The first kappa shape index (κ1) is 24.3. The van der Waals surface area contributed by atoms with Crippen molar-refractivity contribution < 1.29 is 9.90 Å². The van der Waals surface area contributed by atoms with Crippen molar-refractivity contribution in [3.8, 4) is 0 Å². The number of carboxylic acid groups (broad SMARTS) is 1. The Hall–Kier alpha value is -1.95. The second-order valence-corrected chi connectivity index (χ2v) is 8.41. The summed E-state index contributed by atoms with van der Waals surface area (Å²) in [6.45, 7) is 7.20. The molecule has 1 heterocycles. The predicted octanol–water partition coefficient (Wildman–Crippen LogP) is 6.18. The minimum atomic E-state index is -0.927. The number of H-pyrrole nitrogens is 1. The standard InChI is InChI=1S/C24H40N4O2/c1-3-5-7-9-11-13-17-28(18-14-12-10-8-6-4-2)19-20-15-16-21-23(26-27-25-21)22(20)24(29)30/h15-16H,3-14,17-19H2,1-2H3,(H,29,30)(H,25,26,27). The Bertz CT molecular complexity index is 728. The Kier molecular flexibility index (Phi) is 11.5. The molecule has 0 unspecified atom stereocenters. The van der Waals surface area contributed by atoms with Crippen molar-refractivity contribution in [3.05, 3.63) is 23.3 Å². The molecule has 0 fully saturated rings. The van der Waals surface area contributed by atoms with Crippen molar-refractivity contribution in [3.63, 3.8) is 0 Å². The molecule has 0 aliphatic heterocycles. The second kappa shape index (κ2) is 14.1. The highest BCUT2D eigenvalue weighted by Gasteiger charge is 2.19. The highest BCUT2D eigenvalue weighted by molar-refractivity contribution is 6.02. The van der Waals surface area contributed by atoms with Gasteiger partial charge in [0.1, 0.15) is 11.0 Å². The molecule has 2 aromatic rings. The molecule has 0 spiro atoms. The predicted molar refractivity (Wildman–Crippen MR) is 123 cm³/mol. The third-order valence-corrected chi connectivity index (χ3v) is 5.84. The number of hydrogen-bond donors (Lipinski definition) is 2. The lowest BCUT2D eigenvalue weighted by Crippen LogP contribution is -2.27. The number of aromatic nitrogens is 3. The van der Waals surface area contributed by atoms with Gasteiger partial charge in [-0.2, -0.15) is 15.4 Å². The molecular formula is C24H40N4O2. The molecule has 0 bridgehead atoms. The average Bonchev–Trinajstić information content (AvgIpc) is 3.21. The van der Waals surface area contributed by atoms with E-state index in [0.717, 1.165) is 18.7 Å². The zero-order valence-corrected chi connectivity index (χ0v) is 19.0. The van der Waals surface area contributed by atoms with E-state index in [1.165, 1.54) is 77.0 Å². The Morgan fingerprint density at radius 3 is 2.00 bits per heavy atom. The van der Waals surface area contributed by atoms with Crippen LogP contribution in [-0.4, -0.2) is 44.5 Å². The number of unbranched alkanes of at least 4 members (excludes halogenated alkanes) is 10. The van der Waals surface area contributed by atoms with Crippen LogP contribution in [0.3, 0.4) is 0 Å². The van der Waals surface area contributed by atoms with Crippen LogP contribution < -0.4 is 0 Å². The van der Waals surface area contributed by atoms with Gasteiger partial charge in [-0.3, -0.25) is 4.90 Å². The van der Waals surface area contributed by atoms with E-state index in [4.69, 9.17) is 0 Å². The SMILES string of the molecule is CCCCCCCCN(CCCCCCCC)Cc1ccc2n[nH]nc2c1C(=O)O. The Balaban J connectivity index is 1.97. The van der Waals surface area contributed by atoms with E-state index in [2.05, 4.69) is 34.2 Å². The maximum atomic E-state index is 11.9. The summed E-state index contributed by atoms with van der Waals surface area (Å²) < 4.78 is 0. The van der Waals surface area contributed by atoms with Crippen molar-refractivity contribution in [1.82, 2.24) is 20.3 Å². The smallest absolute Gasteiger partial charge is 0.338 e. The van der Waals surface area contributed by atoms with Crippen molar-refractivity contribution in [2.75, 3.05) is 13.1 Å². The minimum Gasteiger partial charge on any atom is -0.478 e. The number of aromatic amines is 1. The fraction of sp³-hybridized carbons (Fsp3) is 0.708. The first-order valence-corrected chi connectivity index (χ1v) is 11.9. The van der Waals surface area contributed by atoms with E-state index in [1.807, 2.05) is 12.1 Å². The first-order chi connectivity index (χ1) is 14.7. The van der Waals surface area contributed by atoms with E-state index >= 15 is 0 Å². The molecule has 0 aliphatic carbocycles. The summed E-state index contributed by atoms with van der Waals surface area (Å²) in [5, 5.41) is 20.5. The topological polar surface area (TPSA) is 82.1 Å². The number of rotatable bonds is 17. The van der Waals surface area contributed by atoms with Crippen molar-refractivity contribution in [2.45, 2.75) is 97.4 Å². The molecule has 0 radical (unpaired) electrons. The van der Waals surface area contributed by atoms with Gasteiger partial charge in [0, 0.05) is 6.54 Å². The van der Waals surface area contributed by atoms with Crippen LogP contribution in [0, 0.1) is 0 Å². The maximum Gasteiger partial charge on any atom is 0.338 e. The zero-order valence-electron chi connectivity index (χ0n) is 19.0.